The molecule has 1 N–H and O–H groups in total. The molecule has 0 bridgehead atoms. The molecular weight excluding hydrogens is 234 g/mol. The summed E-state index contributed by atoms with van der Waals surface area (Å²) < 4.78 is 5.20. The van der Waals surface area contributed by atoms with E-state index < -0.39 is 0 Å². The van der Waals surface area contributed by atoms with Crippen LogP contribution in [0.15, 0.2) is 24.3 Å². The third kappa shape index (κ3) is 4.54. The van der Waals surface area contributed by atoms with Crippen molar-refractivity contribution in [1.29, 1.82) is 0 Å². The summed E-state index contributed by atoms with van der Waals surface area (Å²) in [6, 6.07) is 8.82. The lowest BCUT2D eigenvalue weighted by Gasteiger charge is -2.20. The minimum atomic E-state index is 0.425. The van der Waals surface area contributed by atoms with Gasteiger partial charge in [-0.3, -0.25) is 0 Å². The first-order valence-corrected chi connectivity index (χ1v) is 7.67. The number of methoxy groups -OCH3 is 1. The van der Waals surface area contributed by atoms with Gasteiger partial charge in [0.05, 0.1) is 7.11 Å². The molecule has 0 heterocycles. The van der Waals surface area contributed by atoms with E-state index in [0.29, 0.717) is 6.04 Å². The van der Waals surface area contributed by atoms with Crippen molar-refractivity contribution < 1.29 is 4.74 Å². The molecule has 1 aromatic carbocycles. The molecule has 1 fully saturated rings. The van der Waals surface area contributed by atoms with E-state index in [9.17, 15) is 0 Å². The topological polar surface area (TPSA) is 21.3 Å². The minimum absolute atomic E-state index is 0.425. The van der Waals surface area contributed by atoms with Crippen LogP contribution in [0.3, 0.4) is 0 Å². The summed E-state index contributed by atoms with van der Waals surface area (Å²) in [7, 11) is 1.71. The van der Waals surface area contributed by atoms with E-state index in [1.54, 1.807) is 7.11 Å². The van der Waals surface area contributed by atoms with E-state index in [-0.39, 0.29) is 0 Å². The van der Waals surface area contributed by atoms with Gasteiger partial charge in [-0.1, -0.05) is 37.8 Å². The minimum Gasteiger partial charge on any atom is -0.497 e. The van der Waals surface area contributed by atoms with Gasteiger partial charge >= 0.3 is 0 Å². The van der Waals surface area contributed by atoms with E-state index in [4.69, 9.17) is 4.74 Å². The summed E-state index contributed by atoms with van der Waals surface area (Å²) in [5.41, 5.74) is 1.34. The van der Waals surface area contributed by atoms with Crippen LogP contribution in [0, 0.1) is 5.92 Å². The first kappa shape index (κ1) is 14.4. The monoisotopic (exact) mass is 261 g/mol. The molecule has 2 heteroatoms. The lowest BCUT2D eigenvalue weighted by molar-refractivity contribution is 0.401. The Bertz CT molecular complexity index is 352. The van der Waals surface area contributed by atoms with Gasteiger partial charge < -0.3 is 10.1 Å². The van der Waals surface area contributed by atoms with Crippen LogP contribution in [-0.2, 0) is 0 Å². The Labute approximate surface area is 117 Å². The summed E-state index contributed by atoms with van der Waals surface area (Å²) >= 11 is 0. The molecule has 0 aliphatic heterocycles. The second kappa shape index (κ2) is 7.54. The van der Waals surface area contributed by atoms with E-state index in [0.717, 1.165) is 18.2 Å². The summed E-state index contributed by atoms with van der Waals surface area (Å²) in [5.74, 6) is 1.81. The Morgan fingerprint density at radius 1 is 1.11 bits per heavy atom. The number of ether oxygens (including phenoxy) is 1. The standard InChI is InChI=1S/C17H27NO/c1-14(16-9-11-17(19-2)12-10-16)18-13-15-7-5-3-4-6-8-15/h9-12,14-15,18H,3-8,13H2,1-2H3/t14-/m0/s1. The first-order valence-electron chi connectivity index (χ1n) is 7.67. The van der Waals surface area contributed by atoms with Crippen molar-refractivity contribution in [2.24, 2.45) is 5.92 Å². The highest BCUT2D eigenvalue weighted by atomic mass is 16.5. The fourth-order valence-electron chi connectivity index (χ4n) is 2.92. The maximum absolute atomic E-state index is 5.20. The number of nitrogens with one attached hydrogen (secondary N) is 1. The molecule has 1 aliphatic rings. The highest BCUT2D eigenvalue weighted by Gasteiger charge is 2.13. The molecular formula is C17H27NO. The van der Waals surface area contributed by atoms with E-state index in [1.165, 1.54) is 44.1 Å². The number of hydrogen-bond acceptors (Lipinski definition) is 2. The quantitative estimate of drug-likeness (QED) is 0.797. The van der Waals surface area contributed by atoms with Crippen molar-refractivity contribution in [2.75, 3.05) is 13.7 Å². The van der Waals surface area contributed by atoms with Crippen molar-refractivity contribution in [2.45, 2.75) is 51.5 Å². The summed E-state index contributed by atoms with van der Waals surface area (Å²) in [5, 5.41) is 3.69. The average molecular weight is 261 g/mol. The van der Waals surface area contributed by atoms with E-state index in [1.807, 2.05) is 12.1 Å². The van der Waals surface area contributed by atoms with Gasteiger partial charge in [-0.25, -0.2) is 0 Å². The largest absolute Gasteiger partial charge is 0.497 e. The Kier molecular flexibility index (Phi) is 5.71. The third-order valence-electron chi connectivity index (χ3n) is 4.30. The number of hydrogen-bond donors (Lipinski definition) is 1. The maximum atomic E-state index is 5.20. The Hall–Kier alpha value is -1.02. The molecule has 1 aromatic rings. The molecule has 0 aromatic heterocycles. The normalized spacial score (nSPS) is 18.8. The molecule has 2 nitrogen and oxygen atoms in total. The molecule has 1 aliphatic carbocycles. The molecule has 0 radical (unpaired) electrons. The van der Waals surface area contributed by atoms with Crippen LogP contribution < -0.4 is 10.1 Å². The molecule has 1 saturated carbocycles. The first-order chi connectivity index (χ1) is 9.29. The lowest BCUT2D eigenvalue weighted by atomic mass is 9.99. The molecule has 19 heavy (non-hydrogen) atoms. The van der Waals surface area contributed by atoms with Crippen molar-refractivity contribution in [3.05, 3.63) is 29.8 Å². The van der Waals surface area contributed by atoms with Gasteiger partial charge in [0.25, 0.3) is 0 Å². The number of rotatable bonds is 5. The third-order valence-corrected chi connectivity index (χ3v) is 4.30. The fraction of sp³-hybridized carbons (Fsp3) is 0.647. The highest BCUT2D eigenvalue weighted by Crippen LogP contribution is 2.23. The zero-order valence-electron chi connectivity index (χ0n) is 12.3. The predicted molar refractivity (Wildman–Crippen MR) is 80.6 cm³/mol. The molecule has 0 unspecified atom stereocenters. The second-order valence-electron chi connectivity index (χ2n) is 5.76. The molecule has 1 atom stereocenters. The second-order valence-corrected chi connectivity index (χ2v) is 5.76. The van der Waals surface area contributed by atoms with Crippen molar-refractivity contribution in [3.63, 3.8) is 0 Å². The molecule has 106 valence electrons. The van der Waals surface area contributed by atoms with Crippen molar-refractivity contribution in [3.8, 4) is 5.75 Å². The van der Waals surface area contributed by atoms with E-state index >= 15 is 0 Å². The van der Waals surface area contributed by atoms with Gasteiger partial charge in [-0.15, -0.1) is 0 Å². The maximum Gasteiger partial charge on any atom is 0.118 e. The van der Waals surface area contributed by atoms with Crippen LogP contribution in [0.4, 0.5) is 0 Å². The summed E-state index contributed by atoms with van der Waals surface area (Å²) in [6.45, 7) is 3.41. The Balaban J connectivity index is 1.80. The average Bonchev–Trinajstić information content (AvgIpc) is 2.73. The van der Waals surface area contributed by atoms with Gasteiger partial charge in [0.1, 0.15) is 5.75 Å². The van der Waals surface area contributed by atoms with Gasteiger partial charge in [0.2, 0.25) is 0 Å². The van der Waals surface area contributed by atoms with Crippen LogP contribution >= 0.6 is 0 Å². The molecule has 2 rings (SSSR count). The lowest BCUT2D eigenvalue weighted by Crippen LogP contribution is -2.25. The van der Waals surface area contributed by atoms with Gasteiger partial charge in [0.15, 0.2) is 0 Å². The Morgan fingerprint density at radius 2 is 1.74 bits per heavy atom. The van der Waals surface area contributed by atoms with Crippen molar-refractivity contribution in [1.82, 2.24) is 5.32 Å². The zero-order valence-corrected chi connectivity index (χ0v) is 12.3. The fourth-order valence-corrected chi connectivity index (χ4v) is 2.92. The molecule has 0 spiro atoms. The van der Waals surface area contributed by atoms with Gasteiger partial charge in [-0.05, 0) is 49.9 Å². The SMILES string of the molecule is COc1ccc([C@H](C)NCC2CCCCCC2)cc1. The zero-order chi connectivity index (χ0) is 13.5. The van der Waals surface area contributed by atoms with Gasteiger partial charge in [0, 0.05) is 6.04 Å². The van der Waals surface area contributed by atoms with Crippen LogP contribution in [0.25, 0.3) is 0 Å². The summed E-state index contributed by atoms with van der Waals surface area (Å²) in [6.07, 6.45) is 8.52. The van der Waals surface area contributed by atoms with Crippen LogP contribution in [0.1, 0.15) is 57.1 Å². The predicted octanol–water partition coefficient (Wildman–Crippen LogP) is 4.32. The van der Waals surface area contributed by atoms with Crippen LogP contribution in [-0.4, -0.2) is 13.7 Å². The van der Waals surface area contributed by atoms with Crippen molar-refractivity contribution >= 4 is 0 Å². The van der Waals surface area contributed by atoms with Crippen LogP contribution in [0.5, 0.6) is 5.75 Å². The smallest absolute Gasteiger partial charge is 0.118 e. The highest BCUT2D eigenvalue weighted by molar-refractivity contribution is 5.28. The van der Waals surface area contributed by atoms with Gasteiger partial charge in [-0.2, -0.15) is 0 Å². The van der Waals surface area contributed by atoms with Crippen LogP contribution in [0.2, 0.25) is 0 Å². The number of benzene rings is 1. The Morgan fingerprint density at radius 3 is 2.32 bits per heavy atom. The van der Waals surface area contributed by atoms with E-state index in [2.05, 4.69) is 24.4 Å². The molecule has 0 saturated heterocycles. The molecule has 0 amide bonds. The summed E-state index contributed by atoms with van der Waals surface area (Å²) in [4.78, 5) is 0.